The molecule has 1 aliphatic carbocycles. The van der Waals surface area contributed by atoms with Gasteiger partial charge in [-0.15, -0.1) is 0 Å². The highest BCUT2D eigenvalue weighted by Crippen LogP contribution is 2.37. The molecule has 0 radical (unpaired) electrons. The van der Waals surface area contributed by atoms with Crippen molar-refractivity contribution >= 4 is 35.4 Å². The Morgan fingerprint density at radius 3 is 2.24 bits per heavy atom. The van der Waals surface area contributed by atoms with Gasteiger partial charge in [-0.25, -0.2) is 4.79 Å². The van der Waals surface area contributed by atoms with Crippen LogP contribution in [-0.4, -0.2) is 47.8 Å². The number of fused-ring (bicyclic) bond motifs is 1. The predicted octanol–water partition coefficient (Wildman–Crippen LogP) is 1.44. The number of rotatable bonds is 6. The Labute approximate surface area is 167 Å². The first-order chi connectivity index (χ1) is 14.0. The van der Waals surface area contributed by atoms with Crippen molar-refractivity contribution in [1.82, 2.24) is 10.2 Å². The highest BCUT2D eigenvalue weighted by molar-refractivity contribution is 6.05. The van der Waals surface area contributed by atoms with Crippen LogP contribution in [0.1, 0.15) is 32.1 Å². The lowest BCUT2D eigenvalue weighted by Crippen LogP contribution is -2.37. The zero-order valence-electron chi connectivity index (χ0n) is 15.9. The fourth-order valence-electron chi connectivity index (χ4n) is 3.72. The molecule has 1 saturated heterocycles. The third-order valence-electron chi connectivity index (χ3n) is 5.12. The van der Waals surface area contributed by atoms with Gasteiger partial charge in [0.25, 0.3) is 5.91 Å². The zero-order chi connectivity index (χ0) is 20.8. The van der Waals surface area contributed by atoms with Crippen molar-refractivity contribution in [3.63, 3.8) is 0 Å². The largest absolute Gasteiger partial charge is 0.456 e. The van der Waals surface area contributed by atoms with Crippen LogP contribution in [0.3, 0.4) is 0 Å². The smallest absolute Gasteiger partial charge is 0.325 e. The van der Waals surface area contributed by atoms with Crippen LogP contribution < -0.4 is 10.6 Å². The normalized spacial score (nSPS) is 20.8. The molecule has 1 heterocycles. The number of carbonyl (C=O) groups is 5. The lowest BCUT2D eigenvalue weighted by atomic mass is 9.81. The van der Waals surface area contributed by atoms with Crippen molar-refractivity contribution in [3.8, 4) is 0 Å². The summed E-state index contributed by atoms with van der Waals surface area (Å²) in [5, 5.41) is 4.51. The van der Waals surface area contributed by atoms with Crippen molar-refractivity contribution in [2.24, 2.45) is 11.8 Å². The van der Waals surface area contributed by atoms with Crippen LogP contribution in [-0.2, 0) is 23.9 Å². The molecule has 0 spiro atoms. The second-order valence-corrected chi connectivity index (χ2v) is 7.10. The summed E-state index contributed by atoms with van der Waals surface area (Å²) in [5.74, 6) is -2.47. The van der Waals surface area contributed by atoms with Gasteiger partial charge in [-0.1, -0.05) is 31.0 Å². The second kappa shape index (κ2) is 9.31. The Kier molecular flexibility index (Phi) is 6.58. The molecule has 154 valence electrons. The van der Waals surface area contributed by atoms with E-state index in [9.17, 15) is 24.0 Å². The van der Waals surface area contributed by atoms with Gasteiger partial charge in [-0.3, -0.25) is 29.4 Å². The third kappa shape index (κ3) is 5.18. The Bertz CT molecular complexity index is 786. The van der Waals surface area contributed by atoms with Crippen LogP contribution in [0, 0.1) is 11.8 Å². The summed E-state index contributed by atoms with van der Waals surface area (Å²) in [6, 6.07) is 7.80. The summed E-state index contributed by atoms with van der Waals surface area (Å²) in [6.07, 6.45) is 3.09. The summed E-state index contributed by atoms with van der Waals surface area (Å²) < 4.78 is 4.82. The summed E-state index contributed by atoms with van der Waals surface area (Å²) in [4.78, 5) is 61.1. The summed E-state index contributed by atoms with van der Waals surface area (Å²) in [5.41, 5.74) is 0.510. The van der Waals surface area contributed by atoms with Crippen molar-refractivity contribution < 1.29 is 28.7 Å². The number of carbonyl (C=O) groups excluding carboxylic acids is 5. The number of benzene rings is 1. The minimum Gasteiger partial charge on any atom is -0.456 e. The van der Waals surface area contributed by atoms with E-state index in [0.717, 1.165) is 17.7 Å². The van der Waals surface area contributed by atoms with E-state index < -0.39 is 24.5 Å². The molecule has 1 saturated carbocycles. The first-order valence-electron chi connectivity index (χ1n) is 9.62. The van der Waals surface area contributed by atoms with E-state index in [1.165, 1.54) is 0 Å². The number of anilines is 1. The lowest BCUT2D eigenvalue weighted by Gasteiger charge is -2.19. The Balaban J connectivity index is 1.37. The number of nitrogens with one attached hydrogen (secondary N) is 2. The number of para-hydroxylation sites is 1. The number of ether oxygens (including phenoxy) is 1. The van der Waals surface area contributed by atoms with E-state index >= 15 is 0 Å². The molecule has 29 heavy (non-hydrogen) atoms. The average molecular weight is 401 g/mol. The summed E-state index contributed by atoms with van der Waals surface area (Å²) in [7, 11) is 0. The van der Waals surface area contributed by atoms with E-state index in [-0.39, 0.29) is 36.6 Å². The Morgan fingerprint density at radius 2 is 1.62 bits per heavy atom. The first kappa shape index (κ1) is 20.5. The predicted molar refractivity (Wildman–Crippen MR) is 101 cm³/mol. The number of amides is 5. The van der Waals surface area contributed by atoms with E-state index in [1.807, 2.05) is 5.32 Å². The van der Waals surface area contributed by atoms with E-state index in [4.69, 9.17) is 4.74 Å². The number of hydrogen-bond donors (Lipinski definition) is 2. The maximum Gasteiger partial charge on any atom is 0.325 e. The molecule has 1 aromatic rings. The number of esters is 1. The van der Waals surface area contributed by atoms with E-state index in [2.05, 4.69) is 5.32 Å². The maximum atomic E-state index is 12.3. The van der Waals surface area contributed by atoms with E-state index in [1.54, 1.807) is 30.3 Å². The molecule has 0 unspecified atom stereocenters. The third-order valence-corrected chi connectivity index (χ3v) is 5.12. The van der Waals surface area contributed by atoms with Crippen molar-refractivity contribution in [1.29, 1.82) is 0 Å². The molecule has 3 rings (SSSR count). The van der Waals surface area contributed by atoms with Gasteiger partial charge >= 0.3 is 12.0 Å². The molecule has 5 amide bonds. The van der Waals surface area contributed by atoms with Crippen LogP contribution >= 0.6 is 0 Å². The monoisotopic (exact) mass is 401 g/mol. The molecule has 1 aromatic carbocycles. The van der Waals surface area contributed by atoms with Crippen molar-refractivity contribution in [2.45, 2.75) is 32.1 Å². The van der Waals surface area contributed by atoms with Gasteiger partial charge in [-0.05, 0) is 25.0 Å². The highest BCUT2D eigenvalue weighted by Gasteiger charge is 2.47. The number of likely N-dealkylation sites (tertiary alicyclic amines) is 1. The Morgan fingerprint density at radius 1 is 1.00 bits per heavy atom. The van der Waals surface area contributed by atoms with Gasteiger partial charge in [0.2, 0.25) is 11.8 Å². The quantitative estimate of drug-likeness (QED) is 0.549. The summed E-state index contributed by atoms with van der Waals surface area (Å²) in [6.45, 7) is -0.687. The number of nitrogens with zero attached hydrogens (tertiary/aromatic N) is 1. The first-order valence-corrected chi connectivity index (χ1v) is 9.62. The Hall–Kier alpha value is -3.23. The SMILES string of the molecule is O=C(COC(=O)CCN1C(=O)[C@H]2CCCC[C@@H]2C1=O)NC(=O)Nc1ccccc1. The molecule has 0 aromatic heterocycles. The molecule has 2 N–H and O–H groups in total. The summed E-state index contributed by atoms with van der Waals surface area (Å²) >= 11 is 0. The van der Waals surface area contributed by atoms with Gasteiger partial charge in [0, 0.05) is 12.2 Å². The van der Waals surface area contributed by atoms with Crippen LogP contribution in [0.5, 0.6) is 0 Å². The maximum absolute atomic E-state index is 12.3. The molecule has 2 atom stereocenters. The van der Waals surface area contributed by atoms with Gasteiger partial charge in [-0.2, -0.15) is 0 Å². The standard InChI is InChI=1S/C20H23N3O6/c24-16(22-20(28)21-13-6-2-1-3-7-13)12-29-17(25)10-11-23-18(26)14-8-4-5-9-15(14)19(23)27/h1-3,6-7,14-15H,4-5,8-12H2,(H2,21,22,24,28)/t14-,15-/m0/s1. The lowest BCUT2D eigenvalue weighted by molar-refractivity contribution is -0.149. The van der Waals surface area contributed by atoms with Crippen LogP contribution in [0.25, 0.3) is 0 Å². The van der Waals surface area contributed by atoms with Crippen LogP contribution in [0.15, 0.2) is 30.3 Å². The number of urea groups is 1. The minimum atomic E-state index is -0.786. The molecular weight excluding hydrogens is 378 g/mol. The molecule has 2 fully saturated rings. The molecule has 0 bridgehead atoms. The van der Waals surface area contributed by atoms with Gasteiger partial charge in [0.15, 0.2) is 6.61 Å². The van der Waals surface area contributed by atoms with Crippen molar-refractivity contribution in [3.05, 3.63) is 30.3 Å². The molecule has 2 aliphatic rings. The van der Waals surface area contributed by atoms with Gasteiger partial charge in [0.1, 0.15) is 0 Å². The van der Waals surface area contributed by atoms with Crippen molar-refractivity contribution in [2.75, 3.05) is 18.5 Å². The van der Waals surface area contributed by atoms with Crippen LogP contribution in [0.2, 0.25) is 0 Å². The number of hydrogen-bond acceptors (Lipinski definition) is 6. The zero-order valence-corrected chi connectivity index (χ0v) is 15.9. The second-order valence-electron chi connectivity index (χ2n) is 7.10. The number of imide groups is 2. The molecule has 1 aliphatic heterocycles. The fraction of sp³-hybridized carbons (Fsp3) is 0.450. The molecular formula is C20H23N3O6. The van der Waals surface area contributed by atoms with Gasteiger partial charge < -0.3 is 10.1 Å². The van der Waals surface area contributed by atoms with Gasteiger partial charge in [0.05, 0.1) is 18.3 Å². The van der Waals surface area contributed by atoms with E-state index in [0.29, 0.717) is 18.5 Å². The topological polar surface area (TPSA) is 122 Å². The molecule has 9 nitrogen and oxygen atoms in total. The highest BCUT2D eigenvalue weighted by atomic mass is 16.5. The minimum absolute atomic E-state index is 0.0559. The fourth-order valence-corrected chi connectivity index (χ4v) is 3.72. The average Bonchev–Trinajstić information content (AvgIpc) is 2.96. The molecule has 9 heteroatoms. The van der Waals surface area contributed by atoms with Crippen LogP contribution in [0.4, 0.5) is 10.5 Å².